The Morgan fingerprint density at radius 2 is 1.73 bits per heavy atom. The van der Waals surface area contributed by atoms with Crippen molar-refractivity contribution in [3.05, 3.63) is 28.2 Å². The molecule has 30 heavy (non-hydrogen) atoms. The van der Waals surface area contributed by atoms with Gasteiger partial charge in [-0.05, 0) is 72.3 Å². The molecule has 2 atom stereocenters. The molecule has 1 aromatic rings. The number of hydrogen-bond donors (Lipinski definition) is 0. The monoisotopic (exact) mass is 416 g/mol. The van der Waals surface area contributed by atoms with Crippen molar-refractivity contribution in [1.29, 1.82) is 0 Å². The number of ether oxygens (including phenoxy) is 1. The van der Waals surface area contributed by atoms with Gasteiger partial charge in [0.2, 0.25) is 5.56 Å². The lowest BCUT2D eigenvalue weighted by Gasteiger charge is -2.43. The zero-order valence-electron chi connectivity index (χ0n) is 19.2. The Labute approximate surface area is 178 Å². The molecular formula is C22H33BN2O5. The molecule has 4 heterocycles. The molecule has 0 saturated carbocycles. The van der Waals surface area contributed by atoms with Gasteiger partial charge < -0.3 is 23.5 Å². The van der Waals surface area contributed by atoms with Crippen LogP contribution in [0.2, 0.25) is 0 Å². The Morgan fingerprint density at radius 3 is 2.33 bits per heavy atom. The quantitative estimate of drug-likeness (QED) is 0.658. The van der Waals surface area contributed by atoms with Crippen LogP contribution in [0.3, 0.4) is 0 Å². The minimum atomic E-state index is -0.572. The molecule has 4 rings (SSSR count). The molecule has 2 bridgehead atoms. The highest BCUT2D eigenvalue weighted by Crippen LogP contribution is 2.38. The van der Waals surface area contributed by atoms with Crippen molar-refractivity contribution in [2.24, 2.45) is 5.92 Å². The molecule has 2 saturated heterocycles. The van der Waals surface area contributed by atoms with Gasteiger partial charge in [0.1, 0.15) is 5.60 Å². The van der Waals surface area contributed by atoms with Gasteiger partial charge in [-0.25, -0.2) is 4.79 Å². The highest BCUT2D eigenvalue weighted by molar-refractivity contribution is 6.62. The second-order valence-electron chi connectivity index (χ2n) is 10.9. The standard InChI is InChI=1S/C22H33BN2O5/c1-20(2,3)28-19(27)24-11-14-8-15(13-24)17-9-16(10-18(26)25(17)12-14)23-29-21(4,5)22(6,7)30-23/h9-10,14-15H,8,11-13H2,1-7H3/t14-,15+/m0/s1. The van der Waals surface area contributed by atoms with Crippen LogP contribution in [0, 0.1) is 5.92 Å². The molecule has 1 amide bonds. The summed E-state index contributed by atoms with van der Waals surface area (Å²) >= 11 is 0. The molecule has 7 nitrogen and oxygen atoms in total. The first-order valence-corrected chi connectivity index (χ1v) is 10.8. The van der Waals surface area contributed by atoms with E-state index in [4.69, 9.17) is 14.0 Å². The number of carbonyl (C=O) groups is 1. The molecule has 2 fully saturated rings. The molecule has 1 aromatic heterocycles. The van der Waals surface area contributed by atoms with Crippen LogP contribution in [0.5, 0.6) is 0 Å². The van der Waals surface area contributed by atoms with E-state index in [1.54, 1.807) is 11.0 Å². The maximum absolute atomic E-state index is 12.9. The third-order valence-electron chi connectivity index (χ3n) is 6.76. The minimum Gasteiger partial charge on any atom is -0.444 e. The van der Waals surface area contributed by atoms with Gasteiger partial charge in [-0.2, -0.15) is 0 Å². The van der Waals surface area contributed by atoms with Crippen molar-refractivity contribution in [3.8, 4) is 0 Å². The number of carbonyl (C=O) groups excluding carboxylic acids is 1. The molecule has 3 aliphatic heterocycles. The van der Waals surface area contributed by atoms with Crippen molar-refractivity contribution >= 4 is 18.7 Å². The fourth-order valence-corrected chi connectivity index (χ4v) is 4.57. The Kier molecular flexibility index (Phi) is 4.90. The smallest absolute Gasteiger partial charge is 0.444 e. The second-order valence-corrected chi connectivity index (χ2v) is 10.9. The van der Waals surface area contributed by atoms with Crippen molar-refractivity contribution in [2.45, 2.75) is 84.2 Å². The number of pyridine rings is 1. The first kappa shape index (κ1) is 21.4. The summed E-state index contributed by atoms with van der Waals surface area (Å²) < 4.78 is 19.8. The first-order valence-electron chi connectivity index (χ1n) is 10.8. The summed E-state index contributed by atoms with van der Waals surface area (Å²) in [6.07, 6.45) is 0.682. The van der Waals surface area contributed by atoms with Gasteiger partial charge in [0, 0.05) is 37.3 Å². The number of aromatic nitrogens is 1. The third kappa shape index (κ3) is 3.80. The summed E-state index contributed by atoms with van der Waals surface area (Å²) in [5, 5.41) is 0. The van der Waals surface area contributed by atoms with Crippen LogP contribution in [0.15, 0.2) is 16.9 Å². The lowest BCUT2D eigenvalue weighted by molar-refractivity contribution is 0.00578. The van der Waals surface area contributed by atoms with Crippen LogP contribution in [-0.2, 0) is 20.6 Å². The van der Waals surface area contributed by atoms with Crippen LogP contribution in [0.4, 0.5) is 4.79 Å². The van der Waals surface area contributed by atoms with Crippen LogP contribution in [-0.4, -0.2) is 52.6 Å². The fraction of sp³-hybridized carbons (Fsp3) is 0.727. The molecule has 0 unspecified atom stereocenters. The van der Waals surface area contributed by atoms with Gasteiger partial charge in [-0.3, -0.25) is 4.79 Å². The van der Waals surface area contributed by atoms with Gasteiger partial charge in [-0.15, -0.1) is 0 Å². The van der Waals surface area contributed by atoms with E-state index in [0.717, 1.165) is 17.6 Å². The highest BCUT2D eigenvalue weighted by Gasteiger charge is 2.52. The zero-order chi connectivity index (χ0) is 22.1. The Balaban J connectivity index is 1.61. The van der Waals surface area contributed by atoms with Crippen molar-refractivity contribution in [2.75, 3.05) is 13.1 Å². The van der Waals surface area contributed by atoms with Gasteiger partial charge >= 0.3 is 13.2 Å². The van der Waals surface area contributed by atoms with E-state index in [1.165, 1.54) is 0 Å². The van der Waals surface area contributed by atoms with Gasteiger partial charge in [0.15, 0.2) is 0 Å². The first-order chi connectivity index (χ1) is 13.8. The summed E-state index contributed by atoms with van der Waals surface area (Å²) in [5.41, 5.74) is 0.218. The Hall–Kier alpha value is -1.80. The number of rotatable bonds is 1. The predicted octanol–water partition coefficient (Wildman–Crippen LogP) is 2.50. The molecule has 0 N–H and O–H groups in total. The normalized spacial score (nSPS) is 27.0. The lowest BCUT2D eigenvalue weighted by Crippen LogP contribution is -2.51. The average Bonchev–Trinajstić information content (AvgIpc) is 2.81. The number of amides is 1. The number of nitrogens with zero attached hydrogens (tertiary/aromatic N) is 2. The molecule has 0 aromatic carbocycles. The molecule has 0 radical (unpaired) electrons. The van der Waals surface area contributed by atoms with Crippen LogP contribution >= 0.6 is 0 Å². The van der Waals surface area contributed by atoms with Crippen LogP contribution in [0.1, 0.15) is 66.5 Å². The molecule has 8 heteroatoms. The van der Waals surface area contributed by atoms with E-state index < -0.39 is 23.9 Å². The van der Waals surface area contributed by atoms with Crippen molar-refractivity contribution in [1.82, 2.24) is 9.47 Å². The molecule has 0 spiro atoms. The van der Waals surface area contributed by atoms with E-state index in [9.17, 15) is 9.59 Å². The van der Waals surface area contributed by atoms with Gasteiger partial charge in [0.25, 0.3) is 0 Å². The molecule has 164 valence electrons. The van der Waals surface area contributed by atoms with E-state index >= 15 is 0 Å². The Bertz CT molecular complexity index is 901. The van der Waals surface area contributed by atoms with E-state index in [2.05, 4.69) is 0 Å². The summed E-state index contributed by atoms with van der Waals surface area (Å²) in [4.78, 5) is 27.4. The van der Waals surface area contributed by atoms with Crippen LogP contribution < -0.4 is 11.0 Å². The summed E-state index contributed by atoms with van der Waals surface area (Å²) in [7, 11) is -0.572. The molecule has 3 aliphatic rings. The topological polar surface area (TPSA) is 70.0 Å². The summed E-state index contributed by atoms with van der Waals surface area (Å²) in [6, 6.07) is 3.67. The zero-order valence-corrected chi connectivity index (χ0v) is 19.2. The lowest BCUT2D eigenvalue weighted by atomic mass is 9.76. The van der Waals surface area contributed by atoms with Crippen molar-refractivity contribution in [3.63, 3.8) is 0 Å². The van der Waals surface area contributed by atoms with E-state index in [0.29, 0.717) is 19.6 Å². The fourth-order valence-electron chi connectivity index (χ4n) is 4.57. The third-order valence-corrected chi connectivity index (χ3v) is 6.76. The van der Waals surface area contributed by atoms with Crippen molar-refractivity contribution < 1.29 is 18.8 Å². The number of hydrogen-bond acceptors (Lipinski definition) is 5. The molecular weight excluding hydrogens is 383 g/mol. The van der Waals surface area contributed by atoms with E-state index in [-0.39, 0.29) is 23.5 Å². The molecule has 0 aliphatic carbocycles. The minimum absolute atomic E-state index is 0.0300. The second kappa shape index (κ2) is 6.85. The number of likely N-dealkylation sites (tertiary alicyclic amines) is 1. The SMILES string of the molecule is CC(C)(C)OC(=O)N1C[C@@H]2C[C@H](C1)c1cc(B3OC(C)(C)C(C)(C)O3)cc(=O)n1C2. The maximum atomic E-state index is 12.9. The maximum Gasteiger partial charge on any atom is 0.495 e. The largest absolute Gasteiger partial charge is 0.495 e. The number of piperidine rings is 1. The highest BCUT2D eigenvalue weighted by atomic mass is 16.7. The average molecular weight is 416 g/mol. The number of fused-ring (bicyclic) bond motifs is 4. The predicted molar refractivity (Wildman–Crippen MR) is 115 cm³/mol. The van der Waals surface area contributed by atoms with E-state index in [1.807, 2.05) is 59.1 Å². The summed E-state index contributed by atoms with van der Waals surface area (Å²) in [6.45, 7) is 15.4. The summed E-state index contributed by atoms with van der Waals surface area (Å²) in [5.74, 6) is 0.351. The van der Waals surface area contributed by atoms with Gasteiger partial charge in [0.05, 0.1) is 11.2 Å². The van der Waals surface area contributed by atoms with Crippen LogP contribution in [0.25, 0.3) is 0 Å². The van der Waals surface area contributed by atoms with Gasteiger partial charge in [-0.1, -0.05) is 0 Å². The Morgan fingerprint density at radius 1 is 1.10 bits per heavy atom.